The number of rotatable bonds is 6. The third-order valence-electron chi connectivity index (χ3n) is 2.52. The normalized spacial score (nSPS) is 10.2. The van der Waals surface area contributed by atoms with Gasteiger partial charge in [0.25, 0.3) is 0 Å². The van der Waals surface area contributed by atoms with E-state index < -0.39 is 12.6 Å². The first-order valence-electron chi connectivity index (χ1n) is 5.77. The predicted molar refractivity (Wildman–Crippen MR) is 66.4 cm³/mol. The van der Waals surface area contributed by atoms with Crippen molar-refractivity contribution in [2.75, 3.05) is 20.7 Å². The van der Waals surface area contributed by atoms with Gasteiger partial charge in [0.05, 0.1) is 13.5 Å². The quantitative estimate of drug-likeness (QED) is 0.743. The Morgan fingerprint density at radius 3 is 2.35 bits per heavy atom. The summed E-state index contributed by atoms with van der Waals surface area (Å²) in [7, 11) is 2.72. The van der Waals surface area contributed by atoms with Gasteiger partial charge in [-0.25, -0.2) is 0 Å². The summed E-state index contributed by atoms with van der Waals surface area (Å²) < 4.78 is 32.6. The average Bonchev–Trinajstić information content (AvgIpc) is 2.40. The third-order valence-corrected chi connectivity index (χ3v) is 2.52. The van der Waals surface area contributed by atoms with Gasteiger partial charge < -0.3 is 14.4 Å². The first kappa shape index (κ1) is 15.9. The third kappa shape index (κ3) is 5.21. The molecule has 1 aromatic carbocycles. The summed E-state index contributed by atoms with van der Waals surface area (Å²) in [4.78, 5) is 24.0. The number of carbonyl (C=O) groups excluding carboxylic acids is 2. The van der Waals surface area contributed by atoms with Crippen molar-refractivity contribution < 1.29 is 27.8 Å². The van der Waals surface area contributed by atoms with Crippen LogP contribution in [-0.4, -0.2) is 44.1 Å². The van der Waals surface area contributed by atoms with Gasteiger partial charge in [0.1, 0.15) is 12.3 Å². The summed E-state index contributed by atoms with van der Waals surface area (Å²) >= 11 is 0. The maximum absolute atomic E-state index is 12.0. The highest BCUT2D eigenvalue weighted by atomic mass is 19.3. The molecule has 0 aliphatic rings. The van der Waals surface area contributed by atoms with E-state index in [-0.39, 0.29) is 24.6 Å². The summed E-state index contributed by atoms with van der Waals surface area (Å²) in [5, 5.41) is 0. The lowest BCUT2D eigenvalue weighted by Gasteiger charge is -2.15. The molecule has 1 rings (SSSR count). The number of nitrogens with zero attached hydrogens (tertiary/aromatic N) is 1. The van der Waals surface area contributed by atoms with Crippen LogP contribution in [0.1, 0.15) is 5.56 Å². The van der Waals surface area contributed by atoms with Crippen LogP contribution in [0.3, 0.4) is 0 Å². The molecule has 0 saturated carbocycles. The van der Waals surface area contributed by atoms with Gasteiger partial charge in [-0.2, -0.15) is 8.78 Å². The zero-order chi connectivity index (χ0) is 15.1. The molecule has 0 bridgehead atoms. The van der Waals surface area contributed by atoms with Crippen LogP contribution >= 0.6 is 0 Å². The largest absolute Gasteiger partial charge is 0.468 e. The molecule has 1 aromatic rings. The molecule has 1 amide bonds. The molecule has 0 N–H and O–H groups in total. The highest BCUT2D eigenvalue weighted by Gasteiger charge is 2.13. The van der Waals surface area contributed by atoms with E-state index in [4.69, 9.17) is 0 Å². The number of amides is 1. The van der Waals surface area contributed by atoms with Crippen molar-refractivity contribution >= 4 is 11.9 Å². The molecule has 20 heavy (non-hydrogen) atoms. The topological polar surface area (TPSA) is 55.8 Å². The van der Waals surface area contributed by atoms with Crippen LogP contribution in [0.2, 0.25) is 0 Å². The van der Waals surface area contributed by atoms with Gasteiger partial charge in [0.2, 0.25) is 5.91 Å². The summed E-state index contributed by atoms with van der Waals surface area (Å²) in [6.07, 6.45) is 0.0580. The van der Waals surface area contributed by atoms with Gasteiger partial charge >= 0.3 is 12.6 Å². The highest BCUT2D eigenvalue weighted by molar-refractivity contribution is 5.83. The Balaban J connectivity index is 2.55. The SMILES string of the molecule is COC(=O)CN(C)C(=O)Cc1ccc(OC(F)F)cc1. The lowest BCUT2D eigenvalue weighted by atomic mass is 10.1. The van der Waals surface area contributed by atoms with Crippen LogP contribution in [-0.2, 0) is 20.7 Å². The minimum Gasteiger partial charge on any atom is -0.468 e. The number of alkyl halides is 2. The first-order valence-corrected chi connectivity index (χ1v) is 5.77. The van der Waals surface area contributed by atoms with E-state index in [1.165, 1.54) is 43.3 Å². The summed E-state index contributed by atoms with van der Waals surface area (Å²) in [5.41, 5.74) is 0.633. The van der Waals surface area contributed by atoms with Crippen molar-refractivity contribution in [3.63, 3.8) is 0 Å². The Kier molecular flexibility index (Phi) is 5.89. The monoisotopic (exact) mass is 287 g/mol. The number of methoxy groups -OCH3 is 1. The van der Waals surface area contributed by atoms with E-state index in [2.05, 4.69) is 9.47 Å². The number of likely N-dealkylation sites (N-methyl/N-ethyl adjacent to an activating group) is 1. The van der Waals surface area contributed by atoms with Gasteiger partial charge in [-0.05, 0) is 17.7 Å². The summed E-state index contributed by atoms with van der Waals surface area (Å²) in [5.74, 6) is -0.765. The maximum Gasteiger partial charge on any atom is 0.387 e. The second kappa shape index (κ2) is 7.42. The lowest BCUT2D eigenvalue weighted by molar-refractivity contribution is -0.145. The number of ether oxygens (including phenoxy) is 2. The van der Waals surface area contributed by atoms with Crippen molar-refractivity contribution in [3.05, 3.63) is 29.8 Å². The number of benzene rings is 1. The van der Waals surface area contributed by atoms with E-state index in [1.807, 2.05) is 0 Å². The number of carbonyl (C=O) groups is 2. The zero-order valence-corrected chi connectivity index (χ0v) is 11.1. The maximum atomic E-state index is 12.0. The van der Waals surface area contributed by atoms with Crippen molar-refractivity contribution in [2.24, 2.45) is 0 Å². The number of halogens is 2. The van der Waals surface area contributed by atoms with Crippen LogP contribution in [0, 0.1) is 0 Å². The molecule has 0 aliphatic carbocycles. The van der Waals surface area contributed by atoms with Crippen molar-refractivity contribution in [1.29, 1.82) is 0 Å². The molecule has 7 heteroatoms. The molecule has 110 valence electrons. The zero-order valence-electron chi connectivity index (χ0n) is 11.1. The van der Waals surface area contributed by atoms with Crippen molar-refractivity contribution in [1.82, 2.24) is 4.90 Å². The number of hydrogen-bond donors (Lipinski definition) is 0. The van der Waals surface area contributed by atoms with Gasteiger partial charge in [-0.1, -0.05) is 12.1 Å². The van der Waals surface area contributed by atoms with Crippen LogP contribution in [0.25, 0.3) is 0 Å². The summed E-state index contributed by atoms with van der Waals surface area (Å²) in [6, 6.07) is 5.74. The van der Waals surface area contributed by atoms with E-state index in [0.29, 0.717) is 5.56 Å². The Bertz CT molecular complexity index is 462. The molecule has 5 nitrogen and oxygen atoms in total. The van der Waals surface area contributed by atoms with E-state index in [0.717, 1.165) is 0 Å². The van der Waals surface area contributed by atoms with Gasteiger partial charge in [0, 0.05) is 7.05 Å². The fraction of sp³-hybridized carbons (Fsp3) is 0.385. The molecular formula is C13H15F2NO4. The molecule has 0 aliphatic heterocycles. The fourth-order valence-electron chi connectivity index (χ4n) is 1.44. The molecule has 0 unspecified atom stereocenters. The average molecular weight is 287 g/mol. The molecular weight excluding hydrogens is 272 g/mol. The van der Waals surface area contributed by atoms with E-state index in [1.54, 1.807) is 0 Å². The van der Waals surface area contributed by atoms with Crippen LogP contribution in [0.15, 0.2) is 24.3 Å². The standard InChI is InChI=1S/C13H15F2NO4/c1-16(8-12(18)19-2)11(17)7-9-3-5-10(6-4-9)20-13(14)15/h3-6,13H,7-8H2,1-2H3. The molecule has 0 radical (unpaired) electrons. The lowest BCUT2D eigenvalue weighted by Crippen LogP contribution is -2.33. The van der Waals surface area contributed by atoms with Crippen molar-refractivity contribution in [2.45, 2.75) is 13.0 Å². The minimum absolute atomic E-state index is 0.0270. The van der Waals surface area contributed by atoms with Crippen LogP contribution in [0.4, 0.5) is 8.78 Å². The first-order chi connectivity index (χ1) is 9.42. The summed E-state index contributed by atoms with van der Waals surface area (Å²) in [6.45, 7) is -3.02. The predicted octanol–water partition coefficient (Wildman–Crippen LogP) is 1.46. The molecule has 0 saturated heterocycles. The van der Waals surface area contributed by atoms with Crippen molar-refractivity contribution in [3.8, 4) is 5.75 Å². The Morgan fingerprint density at radius 2 is 1.85 bits per heavy atom. The number of hydrogen-bond acceptors (Lipinski definition) is 4. The molecule has 0 fully saturated rings. The van der Waals surface area contributed by atoms with Crippen LogP contribution in [0.5, 0.6) is 5.75 Å². The Hall–Kier alpha value is -2.18. The Labute approximate surface area is 115 Å². The smallest absolute Gasteiger partial charge is 0.387 e. The van der Waals surface area contributed by atoms with Gasteiger partial charge in [-0.3, -0.25) is 9.59 Å². The number of esters is 1. The fourth-order valence-corrected chi connectivity index (χ4v) is 1.44. The van der Waals surface area contributed by atoms with Gasteiger partial charge in [0.15, 0.2) is 0 Å². The highest BCUT2D eigenvalue weighted by Crippen LogP contribution is 2.15. The van der Waals surface area contributed by atoms with Gasteiger partial charge in [-0.15, -0.1) is 0 Å². The Morgan fingerprint density at radius 1 is 1.25 bits per heavy atom. The van der Waals surface area contributed by atoms with E-state index in [9.17, 15) is 18.4 Å². The minimum atomic E-state index is -2.88. The van der Waals surface area contributed by atoms with Crippen LogP contribution < -0.4 is 4.74 Å². The van der Waals surface area contributed by atoms with E-state index >= 15 is 0 Å². The molecule has 0 heterocycles. The molecule has 0 spiro atoms. The second-order valence-corrected chi connectivity index (χ2v) is 4.03. The second-order valence-electron chi connectivity index (χ2n) is 4.03. The molecule has 0 atom stereocenters. The molecule has 0 aromatic heterocycles.